The van der Waals surface area contributed by atoms with Crippen LogP contribution < -0.4 is 26.6 Å². The van der Waals surface area contributed by atoms with Crippen molar-refractivity contribution in [1.29, 1.82) is 0 Å². The van der Waals surface area contributed by atoms with Crippen LogP contribution in [-0.4, -0.2) is 260 Å². The number of aliphatic carboxylic acids is 1. The maximum Gasteiger partial charge on any atom is 0.332 e. The quantitative estimate of drug-likeness (QED) is 0.0199. The number of rotatable bonds is 43. The summed E-state index contributed by atoms with van der Waals surface area (Å²) < 4.78 is 14.9. The summed E-state index contributed by atoms with van der Waals surface area (Å²) in [4.78, 5) is 173. The highest BCUT2D eigenvalue weighted by atomic mass is 16.7. The van der Waals surface area contributed by atoms with Crippen molar-refractivity contribution < 1.29 is 82.0 Å². The Balaban J connectivity index is 6.40. The highest BCUT2D eigenvalue weighted by Gasteiger charge is 2.42. The molecule has 12 atom stereocenters. The van der Waals surface area contributed by atoms with Gasteiger partial charge in [-0.2, -0.15) is 0 Å². The Morgan fingerprint density at radius 1 is 0.500 bits per heavy atom. The number of allylic oxidation sites excluding steroid dienone is 1. The second-order valence-corrected chi connectivity index (χ2v) is 27.1. The van der Waals surface area contributed by atoms with Crippen LogP contribution in [0.4, 0.5) is 0 Å². The number of ether oxygens (including phenoxy) is 3. The van der Waals surface area contributed by atoms with E-state index in [2.05, 4.69) is 26.6 Å². The monoisotopic (exact) mass is 1340 g/mol. The van der Waals surface area contributed by atoms with Gasteiger partial charge in [0.25, 0.3) is 0 Å². The van der Waals surface area contributed by atoms with E-state index in [-0.39, 0.29) is 75.6 Å². The highest BCUT2D eigenvalue weighted by molar-refractivity contribution is 5.98. The van der Waals surface area contributed by atoms with Gasteiger partial charge in [0, 0.05) is 55.5 Å². The van der Waals surface area contributed by atoms with E-state index in [1.54, 1.807) is 41.5 Å². The van der Waals surface area contributed by atoms with Gasteiger partial charge in [-0.3, -0.25) is 47.9 Å². The molecular weight excluding hydrogens is 1220 g/mol. The molecule has 0 saturated carbocycles. The lowest BCUT2D eigenvalue weighted by molar-refractivity contribution is -0.157. The summed E-state index contributed by atoms with van der Waals surface area (Å²) in [5.74, 6) is -10.4. The Labute approximate surface area is 559 Å². The molecule has 540 valence electrons. The first-order valence-corrected chi connectivity index (χ1v) is 32.8. The molecule has 0 aliphatic rings. The number of carbonyl (C=O) groups is 12. The number of carboxylic acids is 1. The molecule has 0 bridgehead atoms. The van der Waals surface area contributed by atoms with Crippen LogP contribution in [0.3, 0.4) is 0 Å². The molecule has 2 unspecified atom stereocenters. The number of esters is 1. The number of hydrogen-bond donors (Lipinski definition) is 7. The van der Waals surface area contributed by atoms with Gasteiger partial charge in [0.15, 0.2) is 6.79 Å². The van der Waals surface area contributed by atoms with Gasteiger partial charge in [0.05, 0.1) is 25.9 Å². The zero-order valence-corrected chi connectivity index (χ0v) is 60.8. The van der Waals surface area contributed by atoms with Crippen LogP contribution in [0.5, 0.6) is 0 Å². The van der Waals surface area contributed by atoms with Crippen LogP contribution in [0.25, 0.3) is 0 Å². The summed E-state index contributed by atoms with van der Waals surface area (Å²) in [5.41, 5.74) is 0. The molecule has 10 amide bonds. The minimum Gasteiger partial charge on any atom is -0.480 e. The molecule has 0 radical (unpaired) electrons. The number of carboxylic acid groups (broad SMARTS) is 1. The topological polar surface area (TPSA) is 353 Å². The van der Waals surface area contributed by atoms with E-state index in [4.69, 9.17) is 14.2 Å². The Hall–Kier alpha value is -6.78. The van der Waals surface area contributed by atoms with E-state index in [1.165, 1.54) is 102 Å². The lowest BCUT2D eigenvalue weighted by atomic mass is 9.93. The van der Waals surface area contributed by atoms with Gasteiger partial charge in [-0.25, -0.2) is 9.59 Å². The number of nitrogens with zero attached hydrogens (tertiary/aromatic N) is 6. The summed E-state index contributed by atoms with van der Waals surface area (Å²) in [6.07, 6.45) is 2.39. The SMILES string of the molecule is CCC(NC(=O)C(NC)[C@H](O)[C@H](C)C/C=C/C(=O)OCOCCOC)C(=O)N(C)CC(=O)N(C)[C@@H](CC(C)C)C(=O)N[C@H](C(=O)N(C)[C@@H](CC(C)C)C(=O)N[C@H](C)C(=O)N[C@H](C)C(=O)N(C)[C@@H](CC(C)C)C(=O)N(C)[C@@H](CC(C)C)C(=O)N(C)[C@H](C(=O)O)C(C)C)C(C)C. The van der Waals surface area contributed by atoms with Crippen molar-refractivity contribution in [3.8, 4) is 0 Å². The fourth-order valence-electron chi connectivity index (χ4n) is 10.6. The van der Waals surface area contributed by atoms with E-state index >= 15 is 0 Å². The van der Waals surface area contributed by atoms with Crippen molar-refractivity contribution in [2.75, 3.05) is 83.0 Å². The van der Waals surface area contributed by atoms with Crippen molar-refractivity contribution in [3.05, 3.63) is 12.2 Å². The van der Waals surface area contributed by atoms with Gasteiger partial charge < -0.3 is 80.4 Å². The predicted molar refractivity (Wildman–Crippen MR) is 355 cm³/mol. The summed E-state index contributed by atoms with van der Waals surface area (Å²) in [6.45, 7) is 27.6. The number of aliphatic hydroxyl groups is 1. The number of carbonyl (C=O) groups excluding carboxylic acids is 11. The van der Waals surface area contributed by atoms with Crippen LogP contribution in [0.2, 0.25) is 0 Å². The van der Waals surface area contributed by atoms with Crippen LogP contribution in [0.1, 0.15) is 149 Å². The molecule has 0 aromatic rings. The van der Waals surface area contributed by atoms with Gasteiger partial charge in [-0.05, 0) is 101 Å². The first-order valence-electron chi connectivity index (χ1n) is 32.8. The van der Waals surface area contributed by atoms with Gasteiger partial charge in [0.1, 0.15) is 60.4 Å². The lowest BCUT2D eigenvalue weighted by Crippen LogP contribution is -2.61. The van der Waals surface area contributed by atoms with E-state index in [0.29, 0.717) is 6.61 Å². The minimum absolute atomic E-state index is 0.0815. The maximum absolute atomic E-state index is 14.6. The molecule has 0 aliphatic carbocycles. The molecule has 0 aromatic carbocycles. The number of hydrogen-bond acceptors (Lipinski definition) is 17. The van der Waals surface area contributed by atoms with Crippen molar-refractivity contribution in [2.24, 2.45) is 41.4 Å². The first-order chi connectivity index (χ1) is 43.6. The Bertz CT molecular complexity index is 2510. The molecule has 0 fully saturated rings. The Morgan fingerprint density at radius 2 is 0.957 bits per heavy atom. The summed E-state index contributed by atoms with van der Waals surface area (Å²) in [5, 5.41) is 34.8. The average Bonchev–Trinajstić information content (AvgIpc) is 0.838. The first kappa shape index (κ1) is 87.2. The molecule has 0 spiro atoms. The third kappa shape index (κ3) is 28.3. The van der Waals surface area contributed by atoms with Gasteiger partial charge in [-0.15, -0.1) is 0 Å². The molecular formula is C66H119N11O17. The van der Waals surface area contributed by atoms with E-state index in [0.717, 1.165) is 9.80 Å². The van der Waals surface area contributed by atoms with E-state index < -0.39 is 162 Å². The lowest BCUT2D eigenvalue weighted by Gasteiger charge is -2.39. The predicted octanol–water partition coefficient (Wildman–Crippen LogP) is 2.24. The largest absolute Gasteiger partial charge is 0.480 e. The molecule has 0 aromatic heterocycles. The normalized spacial score (nSPS) is 15.6. The number of aliphatic hydroxyl groups excluding tert-OH is 1. The third-order valence-corrected chi connectivity index (χ3v) is 16.4. The second kappa shape index (κ2) is 42.6. The van der Waals surface area contributed by atoms with Crippen molar-refractivity contribution in [3.63, 3.8) is 0 Å². The highest BCUT2D eigenvalue weighted by Crippen LogP contribution is 2.23. The van der Waals surface area contributed by atoms with E-state index in [1.807, 2.05) is 55.4 Å². The number of likely N-dealkylation sites (N-methyl/N-ethyl adjacent to an activating group) is 7. The Morgan fingerprint density at radius 3 is 1.41 bits per heavy atom. The molecule has 94 heavy (non-hydrogen) atoms. The zero-order chi connectivity index (χ0) is 72.9. The fourth-order valence-corrected chi connectivity index (χ4v) is 10.6. The summed E-state index contributed by atoms with van der Waals surface area (Å²) in [6, 6.07) is -11.6. The van der Waals surface area contributed by atoms with Crippen molar-refractivity contribution in [1.82, 2.24) is 56.0 Å². The molecule has 0 aliphatic heterocycles. The maximum atomic E-state index is 14.6. The molecule has 0 heterocycles. The zero-order valence-electron chi connectivity index (χ0n) is 60.8. The van der Waals surface area contributed by atoms with Gasteiger partial charge in [0.2, 0.25) is 59.1 Å². The molecule has 0 rings (SSSR count). The summed E-state index contributed by atoms with van der Waals surface area (Å²) in [7, 11) is 11.4. The number of methoxy groups -OCH3 is 1. The van der Waals surface area contributed by atoms with Crippen molar-refractivity contribution >= 4 is 71.0 Å². The fraction of sp³-hybridized carbons (Fsp3) is 0.788. The standard InChI is InChI=1S/C66H119N11O17/c1-25-46(70-60(84)54(67-17)56(80)43(14)27-26-28-52(79)94-36-93-30-29-92-24)62(86)72(18)35-51(78)73(19)47(31-37(2)3)59(83)71-53(41(10)11)65(89)74(20)48(32-38(4)5)58(82)68-44(15)57(81)69-45(16)61(85)75(21)49(33-39(6)7)63(87)76(22)50(34-40(8)9)64(88)77(23)55(42(12)13)66(90)91/h26,28,37-50,53-56,67,80H,25,27,29-36H2,1-24H3,(H,68,82)(H,69,81)(H,70,84)(H,71,83)(H,90,91)/b28-26+/t43-,44-,45-,46?,47+,48+,49+,50+,53+,54?,55+,56-/m1/s1. The minimum atomic E-state index is -1.26. The second-order valence-electron chi connectivity index (χ2n) is 27.1. The van der Waals surface area contributed by atoms with Gasteiger partial charge in [-0.1, -0.05) is 103 Å². The average molecular weight is 1340 g/mol. The summed E-state index contributed by atoms with van der Waals surface area (Å²) >= 11 is 0. The van der Waals surface area contributed by atoms with Crippen LogP contribution >= 0.6 is 0 Å². The molecule has 28 nitrogen and oxygen atoms in total. The smallest absolute Gasteiger partial charge is 0.332 e. The third-order valence-electron chi connectivity index (χ3n) is 16.4. The van der Waals surface area contributed by atoms with Crippen LogP contribution in [0.15, 0.2) is 12.2 Å². The van der Waals surface area contributed by atoms with Crippen LogP contribution in [0, 0.1) is 41.4 Å². The Kier molecular flexibility index (Phi) is 39.5. The van der Waals surface area contributed by atoms with Crippen LogP contribution in [-0.2, 0) is 71.7 Å². The molecule has 7 N–H and O–H groups in total. The van der Waals surface area contributed by atoms with Gasteiger partial charge >= 0.3 is 11.9 Å². The van der Waals surface area contributed by atoms with E-state index in [9.17, 15) is 67.7 Å². The molecule has 0 saturated heterocycles. The number of amides is 10. The van der Waals surface area contributed by atoms with Crippen molar-refractivity contribution in [2.45, 2.75) is 216 Å². The molecule has 28 heteroatoms. The number of nitrogens with one attached hydrogen (secondary N) is 5.